The van der Waals surface area contributed by atoms with Gasteiger partial charge < -0.3 is 5.73 Å². The van der Waals surface area contributed by atoms with Gasteiger partial charge in [0, 0.05) is 5.56 Å². The number of nitrogens with zero attached hydrogens (tertiary/aromatic N) is 2. The lowest BCUT2D eigenvalue weighted by atomic mass is 10.2. The maximum atomic E-state index is 5.67. The van der Waals surface area contributed by atoms with Gasteiger partial charge in [0.15, 0.2) is 11.0 Å². The Morgan fingerprint density at radius 1 is 1.14 bits per heavy atom. The summed E-state index contributed by atoms with van der Waals surface area (Å²) in [6.45, 7) is 0. The van der Waals surface area contributed by atoms with Gasteiger partial charge in [-0.3, -0.25) is 0 Å². The second-order valence-electron chi connectivity index (χ2n) is 2.80. The molecule has 4 heteroatoms. The van der Waals surface area contributed by atoms with Crippen LogP contribution >= 0.6 is 11.6 Å². The van der Waals surface area contributed by atoms with Gasteiger partial charge in [0.25, 0.3) is 0 Å². The smallest absolute Gasteiger partial charge is 0.171 e. The van der Waals surface area contributed by atoms with E-state index in [9.17, 15) is 0 Å². The Labute approximate surface area is 86.6 Å². The molecule has 0 aliphatic rings. The SMILES string of the molecule is Nc1nc(-c2ccccc2)cnc1Cl. The van der Waals surface area contributed by atoms with Crippen LogP contribution in [-0.4, -0.2) is 9.97 Å². The van der Waals surface area contributed by atoms with Crippen molar-refractivity contribution in [2.24, 2.45) is 0 Å². The second kappa shape index (κ2) is 3.64. The van der Waals surface area contributed by atoms with Crippen molar-refractivity contribution in [2.75, 3.05) is 5.73 Å². The molecule has 0 bridgehead atoms. The van der Waals surface area contributed by atoms with E-state index in [0.29, 0.717) is 0 Å². The Kier molecular flexibility index (Phi) is 2.33. The monoisotopic (exact) mass is 205 g/mol. The number of hydrogen-bond donors (Lipinski definition) is 1. The van der Waals surface area contributed by atoms with Gasteiger partial charge in [0.05, 0.1) is 11.9 Å². The Morgan fingerprint density at radius 2 is 1.86 bits per heavy atom. The van der Waals surface area contributed by atoms with Gasteiger partial charge in [0.2, 0.25) is 0 Å². The number of benzene rings is 1. The zero-order valence-corrected chi connectivity index (χ0v) is 8.07. The summed E-state index contributed by atoms with van der Waals surface area (Å²) in [6, 6.07) is 9.69. The van der Waals surface area contributed by atoms with E-state index in [1.54, 1.807) is 6.20 Å². The molecule has 0 atom stereocenters. The van der Waals surface area contributed by atoms with Gasteiger partial charge in [-0.1, -0.05) is 41.9 Å². The highest BCUT2D eigenvalue weighted by Gasteiger charge is 2.02. The lowest BCUT2D eigenvalue weighted by Gasteiger charge is -2.01. The third-order valence-electron chi connectivity index (χ3n) is 1.82. The fourth-order valence-corrected chi connectivity index (χ4v) is 1.23. The number of aromatic nitrogens is 2. The summed E-state index contributed by atoms with van der Waals surface area (Å²) in [5.74, 6) is 0.257. The standard InChI is InChI=1S/C10H8ClN3/c11-9-10(12)14-8(6-13-9)7-4-2-1-3-5-7/h1-6H,(H2,12,14). The molecule has 14 heavy (non-hydrogen) atoms. The topological polar surface area (TPSA) is 51.8 Å². The highest BCUT2D eigenvalue weighted by molar-refractivity contribution is 6.31. The maximum Gasteiger partial charge on any atom is 0.171 e. The van der Waals surface area contributed by atoms with Crippen molar-refractivity contribution in [3.8, 4) is 11.3 Å². The molecule has 1 aromatic carbocycles. The van der Waals surface area contributed by atoms with Crippen molar-refractivity contribution in [1.29, 1.82) is 0 Å². The quantitative estimate of drug-likeness (QED) is 0.778. The van der Waals surface area contributed by atoms with E-state index in [-0.39, 0.29) is 11.0 Å². The molecule has 1 aromatic heterocycles. The van der Waals surface area contributed by atoms with Gasteiger partial charge in [-0.25, -0.2) is 9.97 Å². The highest BCUT2D eigenvalue weighted by atomic mass is 35.5. The van der Waals surface area contributed by atoms with Crippen LogP contribution in [0.15, 0.2) is 36.5 Å². The van der Waals surface area contributed by atoms with Crippen LogP contribution < -0.4 is 5.73 Å². The summed E-state index contributed by atoms with van der Waals surface area (Å²) in [4.78, 5) is 8.06. The van der Waals surface area contributed by atoms with E-state index in [1.165, 1.54) is 0 Å². The zero-order valence-electron chi connectivity index (χ0n) is 7.31. The Bertz CT molecular complexity index is 442. The van der Waals surface area contributed by atoms with E-state index in [1.807, 2.05) is 30.3 Å². The molecule has 3 nitrogen and oxygen atoms in total. The van der Waals surface area contributed by atoms with Crippen molar-refractivity contribution in [1.82, 2.24) is 9.97 Å². The first-order valence-electron chi connectivity index (χ1n) is 4.11. The van der Waals surface area contributed by atoms with Gasteiger partial charge >= 0.3 is 0 Å². The third kappa shape index (κ3) is 1.67. The van der Waals surface area contributed by atoms with Crippen LogP contribution in [0.2, 0.25) is 5.15 Å². The Balaban J connectivity index is 2.48. The molecular formula is C10H8ClN3. The predicted molar refractivity (Wildman–Crippen MR) is 56.9 cm³/mol. The molecule has 2 N–H and O–H groups in total. The number of nitrogen functional groups attached to an aromatic ring is 1. The van der Waals surface area contributed by atoms with E-state index < -0.39 is 0 Å². The van der Waals surface area contributed by atoms with Gasteiger partial charge in [-0.2, -0.15) is 0 Å². The van der Waals surface area contributed by atoms with Gasteiger partial charge in [0.1, 0.15) is 0 Å². The number of rotatable bonds is 1. The first kappa shape index (κ1) is 8.97. The Morgan fingerprint density at radius 3 is 2.50 bits per heavy atom. The van der Waals surface area contributed by atoms with Crippen molar-refractivity contribution in [3.63, 3.8) is 0 Å². The lowest BCUT2D eigenvalue weighted by molar-refractivity contribution is 1.22. The molecule has 2 aromatic rings. The van der Waals surface area contributed by atoms with E-state index >= 15 is 0 Å². The summed E-state index contributed by atoms with van der Waals surface area (Å²) >= 11 is 5.67. The van der Waals surface area contributed by atoms with Gasteiger partial charge in [-0.05, 0) is 0 Å². The van der Waals surface area contributed by atoms with Crippen LogP contribution in [0.25, 0.3) is 11.3 Å². The van der Waals surface area contributed by atoms with Gasteiger partial charge in [-0.15, -0.1) is 0 Å². The van der Waals surface area contributed by atoms with Crippen LogP contribution in [0.5, 0.6) is 0 Å². The highest BCUT2D eigenvalue weighted by Crippen LogP contribution is 2.19. The van der Waals surface area contributed by atoms with Crippen molar-refractivity contribution < 1.29 is 0 Å². The fourth-order valence-electron chi connectivity index (χ4n) is 1.14. The normalized spacial score (nSPS) is 10.1. The molecule has 0 spiro atoms. The van der Waals surface area contributed by atoms with E-state index in [0.717, 1.165) is 11.3 Å². The average molecular weight is 206 g/mol. The molecule has 1 heterocycles. The maximum absolute atomic E-state index is 5.67. The van der Waals surface area contributed by atoms with Crippen LogP contribution in [-0.2, 0) is 0 Å². The van der Waals surface area contributed by atoms with Crippen molar-refractivity contribution >= 4 is 17.4 Å². The number of hydrogen-bond acceptors (Lipinski definition) is 3. The van der Waals surface area contributed by atoms with Crippen LogP contribution in [0.3, 0.4) is 0 Å². The predicted octanol–water partition coefficient (Wildman–Crippen LogP) is 2.38. The molecule has 2 rings (SSSR count). The Hall–Kier alpha value is -1.61. The molecular weight excluding hydrogens is 198 g/mol. The fraction of sp³-hybridized carbons (Fsp3) is 0. The molecule has 0 fully saturated rings. The molecule has 0 saturated carbocycles. The first-order valence-corrected chi connectivity index (χ1v) is 4.48. The summed E-state index contributed by atoms with van der Waals surface area (Å²) in [5, 5.41) is 0.240. The summed E-state index contributed by atoms with van der Waals surface area (Å²) in [6.07, 6.45) is 1.61. The first-order chi connectivity index (χ1) is 6.77. The minimum Gasteiger partial charge on any atom is -0.381 e. The number of halogens is 1. The number of anilines is 1. The lowest BCUT2D eigenvalue weighted by Crippen LogP contribution is -1.95. The van der Waals surface area contributed by atoms with E-state index in [4.69, 9.17) is 17.3 Å². The molecule has 0 aliphatic heterocycles. The third-order valence-corrected chi connectivity index (χ3v) is 2.11. The van der Waals surface area contributed by atoms with Crippen molar-refractivity contribution in [2.45, 2.75) is 0 Å². The zero-order chi connectivity index (χ0) is 9.97. The van der Waals surface area contributed by atoms with Crippen LogP contribution in [0.4, 0.5) is 5.82 Å². The minimum atomic E-state index is 0.240. The van der Waals surface area contributed by atoms with E-state index in [2.05, 4.69) is 9.97 Å². The summed E-state index contributed by atoms with van der Waals surface area (Å²) < 4.78 is 0. The van der Waals surface area contributed by atoms with Crippen LogP contribution in [0.1, 0.15) is 0 Å². The molecule has 0 aliphatic carbocycles. The molecule has 0 radical (unpaired) electrons. The number of nitrogens with two attached hydrogens (primary N) is 1. The molecule has 0 unspecified atom stereocenters. The average Bonchev–Trinajstić information content (AvgIpc) is 2.23. The minimum absolute atomic E-state index is 0.240. The molecule has 0 saturated heterocycles. The largest absolute Gasteiger partial charge is 0.381 e. The second-order valence-corrected chi connectivity index (χ2v) is 3.16. The van der Waals surface area contributed by atoms with Crippen LogP contribution in [0, 0.1) is 0 Å². The summed E-state index contributed by atoms with van der Waals surface area (Å²) in [7, 11) is 0. The summed E-state index contributed by atoms with van der Waals surface area (Å²) in [5.41, 5.74) is 7.26. The van der Waals surface area contributed by atoms with Crippen molar-refractivity contribution in [3.05, 3.63) is 41.7 Å². The molecule has 70 valence electrons. The molecule has 0 amide bonds.